The molecule has 0 saturated heterocycles. The van der Waals surface area contributed by atoms with E-state index >= 15 is 0 Å². The average Bonchev–Trinajstić information content (AvgIpc) is 2.39. The lowest BCUT2D eigenvalue weighted by Gasteiger charge is -2.13. The standard InChI is InChI=1S/C14H13BrO2/c1-17-11-8-6-10(7-9-11)14(16)12-4-2-3-5-13(12)15/h2-9,14,16H,1H3/t14-/m1/s1. The Balaban J connectivity index is 2.30. The van der Waals surface area contributed by atoms with Crippen LogP contribution in [0.2, 0.25) is 0 Å². The predicted octanol–water partition coefficient (Wildman–Crippen LogP) is 3.54. The van der Waals surface area contributed by atoms with Gasteiger partial charge in [-0.2, -0.15) is 0 Å². The topological polar surface area (TPSA) is 29.5 Å². The second kappa shape index (κ2) is 5.34. The van der Waals surface area contributed by atoms with Crippen molar-refractivity contribution in [2.75, 3.05) is 7.11 Å². The monoisotopic (exact) mass is 292 g/mol. The molecule has 3 heteroatoms. The van der Waals surface area contributed by atoms with Crippen molar-refractivity contribution >= 4 is 15.9 Å². The number of aliphatic hydroxyl groups is 1. The average molecular weight is 293 g/mol. The molecular formula is C14H13BrO2. The van der Waals surface area contributed by atoms with Crippen LogP contribution in [0, 0.1) is 0 Å². The summed E-state index contributed by atoms with van der Waals surface area (Å²) in [5, 5.41) is 10.3. The highest BCUT2D eigenvalue weighted by Crippen LogP contribution is 2.29. The largest absolute Gasteiger partial charge is 0.497 e. The van der Waals surface area contributed by atoms with Crippen LogP contribution in [0.5, 0.6) is 5.75 Å². The molecule has 0 amide bonds. The van der Waals surface area contributed by atoms with Crippen LogP contribution >= 0.6 is 15.9 Å². The maximum absolute atomic E-state index is 10.3. The van der Waals surface area contributed by atoms with Crippen LogP contribution in [-0.4, -0.2) is 12.2 Å². The number of hydrogen-bond acceptors (Lipinski definition) is 2. The minimum absolute atomic E-state index is 0.628. The van der Waals surface area contributed by atoms with Crippen molar-refractivity contribution in [3.8, 4) is 5.75 Å². The maximum atomic E-state index is 10.3. The van der Waals surface area contributed by atoms with Gasteiger partial charge in [0.1, 0.15) is 11.9 Å². The molecule has 0 aromatic heterocycles. The fraction of sp³-hybridized carbons (Fsp3) is 0.143. The van der Waals surface area contributed by atoms with Gasteiger partial charge in [-0.25, -0.2) is 0 Å². The van der Waals surface area contributed by atoms with Crippen molar-refractivity contribution in [3.63, 3.8) is 0 Å². The molecular weight excluding hydrogens is 280 g/mol. The Morgan fingerprint density at radius 2 is 1.71 bits per heavy atom. The molecule has 0 aliphatic carbocycles. The second-order valence-electron chi connectivity index (χ2n) is 3.70. The van der Waals surface area contributed by atoms with E-state index in [0.717, 1.165) is 21.3 Å². The second-order valence-corrected chi connectivity index (χ2v) is 4.55. The molecule has 2 rings (SSSR count). The van der Waals surface area contributed by atoms with Crippen LogP contribution in [0.3, 0.4) is 0 Å². The Morgan fingerprint density at radius 1 is 1.06 bits per heavy atom. The first kappa shape index (κ1) is 12.1. The molecule has 2 aromatic rings. The SMILES string of the molecule is COc1ccc([C@@H](O)c2ccccc2Br)cc1. The molecule has 2 nitrogen and oxygen atoms in total. The molecule has 0 radical (unpaired) electrons. The normalized spacial score (nSPS) is 12.2. The third kappa shape index (κ3) is 2.68. The number of aliphatic hydroxyl groups excluding tert-OH is 1. The van der Waals surface area contributed by atoms with Gasteiger partial charge in [0.05, 0.1) is 7.11 Å². The first-order valence-electron chi connectivity index (χ1n) is 5.29. The molecule has 88 valence electrons. The summed E-state index contributed by atoms with van der Waals surface area (Å²) in [6.45, 7) is 0. The zero-order valence-corrected chi connectivity index (χ0v) is 11.0. The summed E-state index contributed by atoms with van der Waals surface area (Å²) in [6, 6.07) is 15.1. The molecule has 1 atom stereocenters. The van der Waals surface area contributed by atoms with E-state index in [1.165, 1.54) is 0 Å². The number of rotatable bonds is 3. The maximum Gasteiger partial charge on any atom is 0.118 e. The van der Waals surface area contributed by atoms with Crippen molar-refractivity contribution in [3.05, 3.63) is 64.1 Å². The molecule has 1 N–H and O–H groups in total. The van der Waals surface area contributed by atoms with Gasteiger partial charge in [-0.15, -0.1) is 0 Å². The molecule has 0 unspecified atom stereocenters. The van der Waals surface area contributed by atoms with Gasteiger partial charge in [0.15, 0.2) is 0 Å². The highest BCUT2D eigenvalue weighted by Gasteiger charge is 2.12. The molecule has 0 fully saturated rings. The number of methoxy groups -OCH3 is 1. The fourth-order valence-electron chi connectivity index (χ4n) is 1.66. The van der Waals surface area contributed by atoms with E-state index in [1.54, 1.807) is 7.11 Å². The summed E-state index contributed by atoms with van der Waals surface area (Å²) in [5.74, 6) is 0.785. The van der Waals surface area contributed by atoms with E-state index in [9.17, 15) is 5.11 Å². The van der Waals surface area contributed by atoms with Crippen LogP contribution in [0.15, 0.2) is 53.0 Å². The summed E-state index contributed by atoms with van der Waals surface area (Å²) in [6.07, 6.45) is -0.628. The molecule has 0 spiro atoms. The Hall–Kier alpha value is -1.32. The molecule has 0 saturated carbocycles. The summed E-state index contributed by atoms with van der Waals surface area (Å²) < 4.78 is 5.99. The summed E-state index contributed by atoms with van der Waals surface area (Å²) >= 11 is 3.44. The van der Waals surface area contributed by atoms with E-state index < -0.39 is 6.10 Å². The van der Waals surface area contributed by atoms with Gasteiger partial charge in [0, 0.05) is 4.47 Å². The van der Waals surface area contributed by atoms with Crippen molar-refractivity contribution in [2.45, 2.75) is 6.10 Å². The predicted molar refractivity (Wildman–Crippen MR) is 71.2 cm³/mol. The molecule has 2 aromatic carbocycles. The van der Waals surface area contributed by atoms with Crippen LogP contribution in [0.1, 0.15) is 17.2 Å². The Labute approximate surface area is 109 Å². The Bertz CT molecular complexity index is 494. The molecule has 0 bridgehead atoms. The number of ether oxygens (including phenoxy) is 1. The first-order chi connectivity index (χ1) is 8.22. The van der Waals surface area contributed by atoms with Crippen LogP contribution in [0.4, 0.5) is 0 Å². The lowest BCUT2D eigenvalue weighted by Crippen LogP contribution is -2.00. The number of hydrogen-bond donors (Lipinski definition) is 1. The highest BCUT2D eigenvalue weighted by atomic mass is 79.9. The summed E-state index contributed by atoms with van der Waals surface area (Å²) in [7, 11) is 1.62. The third-order valence-electron chi connectivity index (χ3n) is 2.63. The lowest BCUT2D eigenvalue weighted by atomic mass is 10.0. The number of halogens is 1. The van der Waals surface area contributed by atoms with Gasteiger partial charge in [-0.3, -0.25) is 0 Å². The Kier molecular flexibility index (Phi) is 3.82. The summed E-state index contributed by atoms with van der Waals surface area (Å²) in [4.78, 5) is 0. The minimum atomic E-state index is -0.628. The van der Waals surface area contributed by atoms with E-state index in [2.05, 4.69) is 15.9 Å². The van der Waals surface area contributed by atoms with Crippen molar-refractivity contribution in [1.82, 2.24) is 0 Å². The van der Waals surface area contributed by atoms with Crippen LogP contribution < -0.4 is 4.74 Å². The van der Waals surface area contributed by atoms with Gasteiger partial charge in [0.2, 0.25) is 0 Å². The molecule has 0 heterocycles. The Morgan fingerprint density at radius 3 is 2.29 bits per heavy atom. The quantitative estimate of drug-likeness (QED) is 0.938. The molecule has 17 heavy (non-hydrogen) atoms. The van der Waals surface area contributed by atoms with Crippen molar-refractivity contribution < 1.29 is 9.84 Å². The van der Waals surface area contributed by atoms with Crippen LogP contribution in [0.25, 0.3) is 0 Å². The van der Waals surface area contributed by atoms with Gasteiger partial charge in [-0.05, 0) is 29.3 Å². The number of benzene rings is 2. The van der Waals surface area contributed by atoms with Crippen LogP contribution in [-0.2, 0) is 0 Å². The first-order valence-corrected chi connectivity index (χ1v) is 6.08. The smallest absolute Gasteiger partial charge is 0.118 e. The molecule has 0 aliphatic heterocycles. The van der Waals surface area contributed by atoms with E-state index in [1.807, 2.05) is 48.5 Å². The van der Waals surface area contributed by atoms with Gasteiger partial charge >= 0.3 is 0 Å². The van der Waals surface area contributed by atoms with Crippen molar-refractivity contribution in [1.29, 1.82) is 0 Å². The summed E-state index contributed by atoms with van der Waals surface area (Å²) in [5.41, 5.74) is 1.70. The van der Waals surface area contributed by atoms with E-state index in [-0.39, 0.29) is 0 Å². The molecule has 0 aliphatic rings. The van der Waals surface area contributed by atoms with Gasteiger partial charge in [0.25, 0.3) is 0 Å². The minimum Gasteiger partial charge on any atom is -0.497 e. The lowest BCUT2D eigenvalue weighted by molar-refractivity contribution is 0.219. The third-order valence-corrected chi connectivity index (χ3v) is 3.35. The van der Waals surface area contributed by atoms with Crippen molar-refractivity contribution in [2.24, 2.45) is 0 Å². The highest BCUT2D eigenvalue weighted by molar-refractivity contribution is 9.10. The van der Waals surface area contributed by atoms with Gasteiger partial charge < -0.3 is 9.84 Å². The fourth-order valence-corrected chi connectivity index (χ4v) is 2.16. The van der Waals surface area contributed by atoms with E-state index in [4.69, 9.17) is 4.74 Å². The van der Waals surface area contributed by atoms with Gasteiger partial charge in [-0.1, -0.05) is 46.3 Å². The zero-order chi connectivity index (χ0) is 12.3. The van der Waals surface area contributed by atoms with E-state index in [0.29, 0.717) is 0 Å². The zero-order valence-electron chi connectivity index (χ0n) is 9.43.